The molecular formula is C56H62F4N8O8S. The number of nitro benzene ring substituents is 1. The van der Waals surface area contributed by atoms with Gasteiger partial charge in [-0.3, -0.25) is 24.7 Å². The largest absolute Gasteiger partial charge is 0.496 e. The molecule has 408 valence electrons. The summed E-state index contributed by atoms with van der Waals surface area (Å²) in [6, 6.07) is 22.5. The first-order chi connectivity index (χ1) is 36.6. The number of anilines is 2. The third-order valence-corrected chi connectivity index (χ3v) is 17.4. The molecular weight excluding hydrogens is 1020 g/mol. The van der Waals surface area contributed by atoms with Crippen molar-refractivity contribution >= 4 is 44.0 Å². The number of aliphatic hydroxyl groups is 1. The SMILES string of the molecule is COc1cc(CN2CCN(C3CC4(C3)CN(c3ccc(C(=O)NS(=O)(=O)c5ccc(NCC6CCC(C)(O)CC6)c([N+](=O)[O-])c5)c(Oc5cnc6[nH]cc(F)c6c5)c3)C4)[C@H](c3ccccc3C(C)C)C2)ccc1C(F)(F)F. The number of aromatic nitrogens is 2. The number of carbonyl (C=O) groups is 1. The Labute approximate surface area is 444 Å². The normalized spacial score (nSPS) is 21.2. The average Bonchev–Trinajstić information content (AvgIpc) is 3.73. The zero-order valence-electron chi connectivity index (χ0n) is 43.2. The van der Waals surface area contributed by atoms with Crippen molar-refractivity contribution in [3.05, 3.63) is 141 Å². The van der Waals surface area contributed by atoms with Gasteiger partial charge in [-0.05, 0) is 116 Å². The fraction of sp³-hybridized carbons (Fsp3) is 0.429. The number of amides is 1. The van der Waals surface area contributed by atoms with Gasteiger partial charge in [0.15, 0.2) is 0 Å². The van der Waals surface area contributed by atoms with Crippen molar-refractivity contribution in [3.8, 4) is 17.2 Å². The van der Waals surface area contributed by atoms with Crippen LogP contribution in [0.2, 0.25) is 0 Å². The van der Waals surface area contributed by atoms with E-state index in [9.17, 15) is 46.0 Å². The second-order valence-electron chi connectivity index (χ2n) is 21.9. The quantitative estimate of drug-likeness (QED) is 0.0406. The Balaban J connectivity index is 0.847. The molecule has 0 unspecified atom stereocenters. The predicted octanol–water partition coefficient (Wildman–Crippen LogP) is 10.6. The van der Waals surface area contributed by atoms with Crippen LogP contribution in [0.4, 0.5) is 34.6 Å². The summed E-state index contributed by atoms with van der Waals surface area (Å²) in [7, 11) is -3.43. The van der Waals surface area contributed by atoms with E-state index in [0.29, 0.717) is 51.3 Å². The monoisotopic (exact) mass is 1080 g/mol. The molecule has 0 bridgehead atoms. The van der Waals surface area contributed by atoms with Gasteiger partial charge in [-0.15, -0.1) is 0 Å². The van der Waals surface area contributed by atoms with E-state index >= 15 is 0 Å². The zero-order valence-corrected chi connectivity index (χ0v) is 44.0. The topological polar surface area (TPSA) is 195 Å². The molecule has 0 radical (unpaired) electrons. The number of nitrogens with zero attached hydrogens (tertiary/aromatic N) is 5. The highest BCUT2D eigenvalue weighted by Crippen LogP contribution is 2.54. The Morgan fingerprint density at radius 3 is 2.47 bits per heavy atom. The van der Waals surface area contributed by atoms with Crippen LogP contribution in [0.15, 0.2) is 102 Å². The Bertz CT molecular complexity index is 3310. The Kier molecular flexibility index (Phi) is 14.5. The predicted molar refractivity (Wildman–Crippen MR) is 282 cm³/mol. The molecule has 4 fully saturated rings. The number of benzene rings is 4. The first-order valence-corrected chi connectivity index (χ1v) is 27.4. The van der Waals surface area contributed by atoms with Gasteiger partial charge >= 0.3 is 6.18 Å². The molecule has 4 N–H and O–H groups in total. The number of H-pyrrole nitrogens is 1. The summed E-state index contributed by atoms with van der Waals surface area (Å²) < 4.78 is 97.0. The molecule has 6 aromatic rings. The molecule has 10 rings (SSSR count). The number of piperazine rings is 1. The minimum absolute atomic E-state index is 0.00176. The second kappa shape index (κ2) is 20.9. The first kappa shape index (κ1) is 53.6. The molecule has 2 saturated heterocycles. The number of rotatable bonds is 16. The minimum Gasteiger partial charge on any atom is -0.496 e. The number of aromatic amines is 1. The van der Waals surface area contributed by atoms with Gasteiger partial charge in [0.05, 0.1) is 45.2 Å². The highest BCUT2D eigenvalue weighted by molar-refractivity contribution is 7.90. The van der Waals surface area contributed by atoms with E-state index in [1.54, 1.807) is 19.1 Å². The Morgan fingerprint density at radius 2 is 1.75 bits per heavy atom. The van der Waals surface area contributed by atoms with E-state index in [0.717, 1.165) is 62.7 Å². The van der Waals surface area contributed by atoms with Gasteiger partial charge in [-0.2, -0.15) is 13.2 Å². The van der Waals surface area contributed by atoms with Crippen LogP contribution in [0, 0.1) is 27.3 Å². The molecule has 1 spiro atoms. The van der Waals surface area contributed by atoms with E-state index in [2.05, 4.69) is 72.8 Å². The molecule has 1 amide bonds. The van der Waals surface area contributed by atoms with E-state index < -0.39 is 54.6 Å². The summed E-state index contributed by atoms with van der Waals surface area (Å²) in [6.45, 7) is 10.5. The number of nitro groups is 1. The summed E-state index contributed by atoms with van der Waals surface area (Å²) in [4.78, 5) is 39.1. The third-order valence-electron chi connectivity index (χ3n) is 16.0. The van der Waals surface area contributed by atoms with Crippen LogP contribution in [-0.2, 0) is 22.7 Å². The highest BCUT2D eigenvalue weighted by atomic mass is 32.2. The maximum atomic E-state index is 14.7. The maximum absolute atomic E-state index is 14.7. The van der Waals surface area contributed by atoms with Crippen LogP contribution < -0.4 is 24.4 Å². The van der Waals surface area contributed by atoms with E-state index in [4.69, 9.17) is 9.47 Å². The molecule has 2 saturated carbocycles. The van der Waals surface area contributed by atoms with Gasteiger partial charge in [-0.25, -0.2) is 22.5 Å². The molecule has 21 heteroatoms. The minimum atomic E-state index is -4.68. The van der Waals surface area contributed by atoms with Crippen LogP contribution in [0.3, 0.4) is 0 Å². The summed E-state index contributed by atoms with van der Waals surface area (Å²) in [6.07, 6.45) is 2.47. The van der Waals surface area contributed by atoms with Gasteiger partial charge in [-0.1, -0.05) is 44.2 Å². The molecule has 2 aliphatic carbocycles. The molecule has 4 aliphatic rings. The number of nitrogens with one attached hydrogen (secondary N) is 3. The number of methoxy groups -OCH3 is 1. The van der Waals surface area contributed by atoms with E-state index in [-0.39, 0.29) is 68.9 Å². The molecule has 2 aromatic heterocycles. The fourth-order valence-corrected chi connectivity index (χ4v) is 12.8. The van der Waals surface area contributed by atoms with Crippen molar-refractivity contribution in [2.45, 2.75) is 101 Å². The highest BCUT2D eigenvalue weighted by Gasteiger charge is 2.55. The lowest BCUT2D eigenvalue weighted by molar-refractivity contribution is -0.384. The number of pyridine rings is 1. The van der Waals surface area contributed by atoms with Crippen molar-refractivity contribution < 1.29 is 50.3 Å². The number of halogens is 4. The summed E-state index contributed by atoms with van der Waals surface area (Å²) in [5.41, 5.74) is 2.10. The molecule has 2 aliphatic heterocycles. The molecule has 16 nitrogen and oxygen atoms in total. The van der Waals surface area contributed by atoms with Crippen LogP contribution >= 0.6 is 0 Å². The van der Waals surface area contributed by atoms with Crippen molar-refractivity contribution in [2.24, 2.45) is 11.3 Å². The summed E-state index contributed by atoms with van der Waals surface area (Å²) >= 11 is 0. The van der Waals surface area contributed by atoms with Gasteiger partial charge in [0.25, 0.3) is 21.6 Å². The Hall–Kier alpha value is -6.81. The maximum Gasteiger partial charge on any atom is 0.419 e. The van der Waals surface area contributed by atoms with Gasteiger partial charge < -0.3 is 29.8 Å². The van der Waals surface area contributed by atoms with Crippen LogP contribution in [0.25, 0.3) is 11.0 Å². The number of fused-ring (bicyclic) bond motifs is 1. The molecule has 1 atom stereocenters. The number of carbonyl (C=O) groups excluding carboxylic acids is 1. The van der Waals surface area contributed by atoms with Gasteiger partial charge in [0.2, 0.25) is 0 Å². The van der Waals surface area contributed by atoms with Crippen molar-refractivity contribution in [1.29, 1.82) is 0 Å². The van der Waals surface area contributed by atoms with E-state index in [1.165, 1.54) is 60.8 Å². The standard InChI is InChI=1S/C56H62F4N8O8S/c1-34(2)41-7-5-6-8-42(41)49-31-65(30-36-9-13-45(56(58,59)60)51(21-36)75-4)19-20-67(49)38-25-55(26-38)32-66(33-55)37-10-12-43(50(22-37)76-39-23-44-46(57)29-63-52(44)62-28-39)53(69)64-77(73,74)40-11-14-47(48(24-40)68(71)72)61-27-35-15-17-54(3,70)18-16-35/h5-14,21-24,28-29,34-35,38,49,61,70H,15-20,25-27,30-33H2,1-4H3,(H,62,63)(H,64,69)/t35?,49-,54?/m0/s1. The number of hydrogen-bond donors (Lipinski definition) is 4. The van der Waals surface area contributed by atoms with Gasteiger partial charge in [0, 0.05) is 87.3 Å². The van der Waals surface area contributed by atoms with E-state index in [1.807, 2.05) is 0 Å². The fourth-order valence-electron chi connectivity index (χ4n) is 11.8. The molecule has 4 aromatic carbocycles. The summed E-state index contributed by atoms with van der Waals surface area (Å²) in [5.74, 6) is -1.37. The van der Waals surface area contributed by atoms with Crippen LogP contribution in [0.1, 0.15) is 104 Å². The molecule has 4 heterocycles. The lowest BCUT2D eigenvalue weighted by Crippen LogP contribution is -2.68. The smallest absolute Gasteiger partial charge is 0.419 e. The lowest BCUT2D eigenvalue weighted by Gasteiger charge is -2.63. The van der Waals surface area contributed by atoms with Crippen molar-refractivity contribution in [3.63, 3.8) is 0 Å². The summed E-state index contributed by atoms with van der Waals surface area (Å²) in [5, 5.41) is 25.8. The van der Waals surface area contributed by atoms with Gasteiger partial charge in [0.1, 0.15) is 34.4 Å². The number of hydrogen-bond acceptors (Lipinski definition) is 13. The molecule has 77 heavy (non-hydrogen) atoms. The van der Waals surface area contributed by atoms with Crippen molar-refractivity contribution in [2.75, 3.05) is 56.6 Å². The van der Waals surface area contributed by atoms with Crippen molar-refractivity contribution in [1.82, 2.24) is 24.5 Å². The third kappa shape index (κ3) is 11.3. The van der Waals surface area contributed by atoms with Crippen LogP contribution in [-0.4, -0.2) is 102 Å². The lowest BCUT2D eigenvalue weighted by atomic mass is 9.59. The first-order valence-electron chi connectivity index (χ1n) is 25.9. The zero-order chi connectivity index (χ0) is 54.6. The van der Waals surface area contributed by atoms with Crippen LogP contribution in [0.5, 0.6) is 17.2 Å². The Morgan fingerprint density at radius 1 is 1.00 bits per heavy atom. The second-order valence-corrected chi connectivity index (χ2v) is 23.6. The number of alkyl halides is 3. The number of ether oxygens (including phenoxy) is 2. The number of sulfonamides is 1. The average molecular weight is 1080 g/mol.